The summed E-state index contributed by atoms with van der Waals surface area (Å²) in [5, 5.41) is 22.1. The normalized spacial score (nSPS) is 11.0. The number of fused-ring (bicyclic) bond motifs is 1. The van der Waals surface area contributed by atoms with E-state index in [0.717, 1.165) is 20.1 Å². The molecule has 4 aromatic rings. The Morgan fingerprint density at radius 1 is 1.23 bits per heavy atom. The van der Waals surface area contributed by atoms with E-state index in [2.05, 4.69) is 20.5 Å². The molecular formula is C19H16N6O3S3. The predicted octanol–water partition coefficient (Wildman–Crippen LogP) is 4.36. The zero-order chi connectivity index (χ0) is 21.8. The Hall–Kier alpha value is -2.96. The first-order valence-corrected chi connectivity index (χ1v) is 11.8. The van der Waals surface area contributed by atoms with Gasteiger partial charge in [-0.25, -0.2) is 4.98 Å². The third kappa shape index (κ3) is 5.40. The topological polar surface area (TPSA) is 116 Å². The van der Waals surface area contributed by atoms with Crippen LogP contribution in [-0.2, 0) is 17.6 Å². The van der Waals surface area contributed by atoms with E-state index in [1.54, 1.807) is 46.1 Å². The fourth-order valence-corrected chi connectivity index (χ4v) is 5.38. The van der Waals surface area contributed by atoms with Crippen LogP contribution in [0, 0.1) is 10.1 Å². The summed E-state index contributed by atoms with van der Waals surface area (Å²) in [5.41, 5.74) is 2.65. The van der Waals surface area contributed by atoms with Crippen LogP contribution in [0.4, 0.5) is 11.4 Å². The Kier molecular flexibility index (Phi) is 6.49. The number of non-ortho nitro benzene ring substituents is 1. The molecule has 0 aliphatic heterocycles. The molecule has 0 atom stereocenters. The van der Waals surface area contributed by atoms with Crippen molar-refractivity contribution in [2.45, 2.75) is 15.2 Å². The van der Waals surface area contributed by atoms with Crippen LogP contribution in [0.15, 0.2) is 58.3 Å². The Labute approximate surface area is 189 Å². The van der Waals surface area contributed by atoms with Crippen molar-refractivity contribution >= 4 is 62.4 Å². The van der Waals surface area contributed by atoms with E-state index in [4.69, 9.17) is 0 Å². The number of nitro groups is 1. The summed E-state index contributed by atoms with van der Waals surface area (Å²) in [6, 6.07) is 12.1. The van der Waals surface area contributed by atoms with Gasteiger partial charge < -0.3 is 9.88 Å². The van der Waals surface area contributed by atoms with E-state index in [1.165, 1.54) is 23.9 Å². The standard InChI is InChI=1S/C19H16N6O3S3/c1-24-11-20-23-18(24)29-10-17(26)21-13-4-7-15-16(8-13)31-19(22-15)30-9-12-2-5-14(6-3-12)25(27)28/h2-8,11H,9-10H2,1H3,(H,21,26). The van der Waals surface area contributed by atoms with E-state index in [1.807, 2.05) is 25.2 Å². The van der Waals surface area contributed by atoms with E-state index in [-0.39, 0.29) is 17.3 Å². The summed E-state index contributed by atoms with van der Waals surface area (Å²) in [5.74, 6) is 0.786. The summed E-state index contributed by atoms with van der Waals surface area (Å²) < 4.78 is 3.64. The first-order chi connectivity index (χ1) is 15.0. The number of carbonyl (C=O) groups excluding carboxylic acids is 1. The Bertz CT molecular complexity index is 1240. The highest BCUT2D eigenvalue weighted by atomic mass is 32.2. The van der Waals surface area contributed by atoms with Gasteiger partial charge in [-0.05, 0) is 23.8 Å². The number of anilines is 1. The number of nitro benzene ring substituents is 1. The fraction of sp³-hybridized carbons (Fsp3) is 0.158. The second-order valence-corrected chi connectivity index (χ2v) is 9.63. The molecule has 0 saturated heterocycles. The molecule has 2 aromatic carbocycles. The monoisotopic (exact) mass is 472 g/mol. The van der Waals surface area contributed by atoms with Gasteiger partial charge in [0.25, 0.3) is 5.69 Å². The minimum atomic E-state index is -0.407. The number of carbonyl (C=O) groups is 1. The Morgan fingerprint density at radius 3 is 2.74 bits per heavy atom. The molecule has 4 rings (SSSR count). The van der Waals surface area contributed by atoms with Crippen LogP contribution < -0.4 is 5.32 Å². The number of nitrogens with one attached hydrogen (secondary N) is 1. The third-order valence-corrected chi connectivity index (χ3v) is 7.43. The lowest BCUT2D eigenvalue weighted by Crippen LogP contribution is -2.14. The van der Waals surface area contributed by atoms with Crippen LogP contribution >= 0.6 is 34.9 Å². The second kappa shape index (κ2) is 9.45. The number of hydrogen-bond acceptors (Lipinski definition) is 9. The SMILES string of the molecule is Cn1cnnc1SCC(=O)Nc1ccc2nc(SCc3ccc([N+](=O)[O-])cc3)sc2c1. The van der Waals surface area contributed by atoms with Crippen molar-refractivity contribution in [3.8, 4) is 0 Å². The lowest BCUT2D eigenvalue weighted by Gasteiger charge is -2.04. The summed E-state index contributed by atoms with van der Waals surface area (Å²) in [4.78, 5) is 27.2. The molecule has 31 heavy (non-hydrogen) atoms. The highest BCUT2D eigenvalue weighted by Crippen LogP contribution is 2.33. The van der Waals surface area contributed by atoms with Crippen LogP contribution in [0.25, 0.3) is 10.2 Å². The van der Waals surface area contributed by atoms with Gasteiger partial charge in [0.1, 0.15) is 6.33 Å². The second-order valence-electron chi connectivity index (χ2n) is 6.44. The minimum absolute atomic E-state index is 0.0818. The summed E-state index contributed by atoms with van der Waals surface area (Å²) in [7, 11) is 1.83. The third-order valence-electron chi connectivity index (χ3n) is 4.16. The first-order valence-electron chi connectivity index (χ1n) is 9.01. The maximum absolute atomic E-state index is 12.2. The van der Waals surface area contributed by atoms with Gasteiger partial charge in [-0.15, -0.1) is 21.5 Å². The zero-order valence-electron chi connectivity index (χ0n) is 16.2. The number of benzene rings is 2. The molecule has 9 nitrogen and oxygen atoms in total. The molecule has 12 heteroatoms. The quantitative estimate of drug-likeness (QED) is 0.228. The molecule has 0 fully saturated rings. The molecule has 0 aliphatic rings. The van der Waals surface area contributed by atoms with Crippen LogP contribution in [0.5, 0.6) is 0 Å². The van der Waals surface area contributed by atoms with E-state index >= 15 is 0 Å². The van der Waals surface area contributed by atoms with Crippen molar-refractivity contribution in [1.29, 1.82) is 0 Å². The van der Waals surface area contributed by atoms with Crippen molar-refractivity contribution in [3.63, 3.8) is 0 Å². The molecule has 0 unspecified atom stereocenters. The Morgan fingerprint density at radius 2 is 2.03 bits per heavy atom. The molecule has 0 saturated carbocycles. The molecule has 2 heterocycles. The van der Waals surface area contributed by atoms with E-state index < -0.39 is 4.92 Å². The summed E-state index contributed by atoms with van der Waals surface area (Å²) >= 11 is 4.44. The first kappa shape index (κ1) is 21.3. The lowest BCUT2D eigenvalue weighted by molar-refractivity contribution is -0.384. The van der Waals surface area contributed by atoms with Gasteiger partial charge in [0, 0.05) is 30.6 Å². The van der Waals surface area contributed by atoms with Crippen LogP contribution in [0.1, 0.15) is 5.56 Å². The average Bonchev–Trinajstić information content (AvgIpc) is 3.36. The van der Waals surface area contributed by atoms with Gasteiger partial charge in [-0.1, -0.05) is 35.7 Å². The molecule has 0 spiro atoms. The number of aromatic nitrogens is 4. The molecule has 0 bridgehead atoms. The van der Waals surface area contributed by atoms with Gasteiger partial charge >= 0.3 is 0 Å². The van der Waals surface area contributed by atoms with Crippen LogP contribution in [-0.4, -0.2) is 36.3 Å². The van der Waals surface area contributed by atoms with Gasteiger partial charge in [0.05, 0.1) is 20.9 Å². The molecular weight excluding hydrogens is 456 g/mol. The molecule has 158 valence electrons. The number of nitrogens with zero attached hydrogens (tertiary/aromatic N) is 5. The van der Waals surface area contributed by atoms with Crippen LogP contribution in [0.3, 0.4) is 0 Å². The van der Waals surface area contributed by atoms with Gasteiger partial charge in [-0.3, -0.25) is 14.9 Å². The lowest BCUT2D eigenvalue weighted by atomic mass is 10.2. The van der Waals surface area contributed by atoms with Crippen molar-refractivity contribution in [1.82, 2.24) is 19.7 Å². The number of amides is 1. The summed E-state index contributed by atoms with van der Waals surface area (Å²) in [6.07, 6.45) is 1.59. The van der Waals surface area contributed by atoms with Crippen molar-refractivity contribution in [2.24, 2.45) is 7.05 Å². The summed E-state index contributed by atoms with van der Waals surface area (Å²) in [6.45, 7) is 0. The molecule has 1 N–H and O–H groups in total. The van der Waals surface area contributed by atoms with Crippen LogP contribution in [0.2, 0.25) is 0 Å². The molecule has 0 radical (unpaired) electrons. The number of hydrogen-bond donors (Lipinski definition) is 1. The largest absolute Gasteiger partial charge is 0.325 e. The van der Waals surface area contributed by atoms with Crippen molar-refractivity contribution < 1.29 is 9.72 Å². The van der Waals surface area contributed by atoms with E-state index in [9.17, 15) is 14.9 Å². The highest BCUT2D eigenvalue weighted by molar-refractivity contribution is 8.00. The van der Waals surface area contributed by atoms with Gasteiger partial charge in [-0.2, -0.15) is 0 Å². The minimum Gasteiger partial charge on any atom is -0.325 e. The maximum atomic E-state index is 12.2. The Balaban J connectivity index is 1.35. The molecule has 0 aliphatic carbocycles. The smallest absolute Gasteiger partial charge is 0.269 e. The van der Waals surface area contributed by atoms with Crippen molar-refractivity contribution in [3.05, 3.63) is 64.5 Å². The van der Waals surface area contributed by atoms with Crippen molar-refractivity contribution in [2.75, 3.05) is 11.1 Å². The fourth-order valence-electron chi connectivity index (χ4n) is 2.63. The van der Waals surface area contributed by atoms with Gasteiger partial charge in [0.15, 0.2) is 9.50 Å². The van der Waals surface area contributed by atoms with E-state index in [0.29, 0.717) is 16.6 Å². The predicted molar refractivity (Wildman–Crippen MR) is 123 cm³/mol. The molecule has 1 amide bonds. The van der Waals surface area contributed by atoms with Gasteiger partial charge in [0.2, 0.25) is 5.91 Å². The maximum Gasteiger partial charge on any atom is 0.269 e. The molecule has 2 aromatic heterocycles. The number of rotatable bonds is 8. The zero-order valence-corrected chi connectivity index (χ0v) is 18.7. The number of aryl methyl sites for hydroxylation is 1. The highest BCUT2D eigenvalue weighted by Gasteiger charge is 2.10. The number of thioether (sulfide) groups is 2. The average molecular weight is 473 g/mol. The number of thiazole rings is 1.